The van der Waals surface area contributed by atoms with Crippen molar-refractivity contribution < 1.29 is 17.9 Å². The number of nitrogens with one attached hydrogen (secondary N) is 1. The molecule has 2 amide bonds. The zero-order valence-electron chi connectivity index (χ0n) is 12.2. The standard InChI is InChI=1S/C13H21N3O4S/c1-3-8-16(9-10-20-2)13(17)15-11-4-6-12(7-5-11)21(14,18)19/h4-7H,3,8-10H2,1-2H3,(H,15,17)(H2,14,18,19). The first-order valence-corrected chi connectivity index (χ1v) is 8.11. The van der Waals surface area contributed by atoms with Crippen LogP contribution < -0.4 is 10.5 Å². The topological polar surface area (TPSA) is 102 Å². The summed E-state index contributed by atoms with van der Waals surface area (Å²) in [4.78, 5) is 13.7. The molecular formula is C13H21N3O4S. The summed E-state index contributed by atoms with van der Waals surface area (Å²) in [6.45, 7) is 3.54. The molecule has 0 aromatic heterocycles. The molecule has 118 valence electrons. The highest BCUT2D eigenvalue weighted by Crippen LogP contribution is 2.13. The number of carbonyl (C=O) groups excluding carboxylic acids is 1. The van der Waals surface area contributed by atoms with Crippen molar-refractivity contribution in [1.82, 2.24) is 4.90 Å². The number of benzene rings is 1. The lowest BCUT2D eigenvalue weighted by atomic mass is 10.3. The summed E-state index contributed by atoms with van der Waals surface area (Å²) in [6, 6.07) is 5.45. The number of nitrogens with zero attached hydrogens (tertiary/aromatic N) is 1. The molecule has 8 heteroatoms. The fourth-order valence-corrected chi connectivity index (χ4v) is 2.23. The number of urea groups is 1. The summed E-state index contributed by atoms with van der Waals surface area (Å²) in [5.41, 5.74) is 0.505. The molecule has 0 bridgehead atoms. The van der Waals surface area contributed by atoms with Crippen molar-refractivity contribution in [1.29, 1.82) is 0 Å². The van der Waals surface area contributed by atoms with Gasteiger partial charge in [-0.2, -0.15) is 0 Å². The number of nitrogens with two attached hydrogens (primary N) is 1. The van der Waals surface area contributed by atoms with Gasteiger partial charge in [0.15, 0.2) is 0 Å². The molecule has 0 saturated heterocycles. The van der Waals surface area contributed by atoms with E-state index in [-0.39, 0.29) is 10.9 Å². The monoisotopic (exact) mass is 315 g/mol. The van der Waals surface area contributed by atoms with E-state index in [1.54, 1.807) is 12.0 Å². The molecule has 3 N–H and O–H groups in total. The van der Waals surface area contributed by atoms with Gasteiger partial charge >= 0.3 is 6.03 Å². The van der Waals surface area contributed by atoms with Gasteiger partial charge in [-0.1, -0.05) is 6.92 Å². The smallest absolute Gasteiger partial charge is 0.321 e. The highest BCUT2D eigenvalue weighted by Gasteiger charge is 2.13. The molecule has 0 aliphatic carbocycles. The first kappa shape index (κ1) is 17.4. The van der Waals surface area contributed by atoms with Crippen LogP contribution in [0.1, 0.15) is 13.3 Å². The van der Waals surface area contributed by atoms with Crippen LogP contribution in [0, 0.1) is 0 Å². The highest BCUT2D eigenvalue weighted by molar-refractivity contribution is 7.89. The Kier molecular flexibility index (Phi) is 6.60. The average molecular weight is 315 g/mol. The fraction of sp³-hybridized carbons (Fsp3) is 0.462. The largest absolute Gasteiger partial charge is 0.383 e. The Morgan fingerprint density at radius 1 is 1.29 bits per heavy atom. The number of rotatable bonds is 7. The molecule has 1 aromatic rings. The Morgan fingerprint density at radius 3 is 2.38 bits per heavy atom. The van der Waals surface area contributed by atoms with E-state index in [0.717, 1.165) is 6.42 Å². The maximum Gasteiger partial charge on any atom is 0.321 e. The molecule has 1 rings (SSSR count). The second-order valence-corrected chi connectivity index (χ2v) is 6.04. The van der Waals surface area contributed by atoms with Gasteiger partial charge in [-0.05, 0) is 30.7 Å². The molecule has 7 nitrogen and oxygen atoms in total. The van der Waals surface area contributed by atoms with Gasteiger partial charge in [0.05, 0.1) is 11.5 Å². The Bertz CT molecular complexity index is 557. The number of hydrogen-bond acceptors (Lipinski definition) is 4. The Hall–Kier alpha value is -1.64. The Morgan fingerprint density at radius 2 is 1.90 bits per heavy atom. The third-order valence-corrected chi connectivity index (χ3v) is 3.71. The highest BCUT2D eigenvalue weighted by atomic mass is 32.2. The lowest BCUT2D eigenvalue weighted by Gasteiger charge is -2.22. The molecule has 0 unspecified atom stereocenters. The van der Waals surface area contributed by atoms with Crippen LogP contribution in [0.4, 0.5) is 10.5 Å². The molecule has 1 aromatic carbocycles. The molecular weight excluding hydrogens is 294 g/mol. The van der Waals surface area contributed by atoms with Gasteiger partial charge in [-0.15, -0.1) is 0 Å². The van der Waals surface area contributed by atoms with E-state index in [0.29, 0.717) is 25.4 Å². The molecule has 0 aliphatic heterocycles. The minimum absolute atomic E-state index is 0.00490. The molecule has 0 atom stereocenters. The van der Waals surface area contributed by atoms with Crippen molar-refractivity contribution >= 4 is 21.7 Å². The van der Waals surface area contributed by atoms with Gasteiger partial charge in [0.2, 0.25) is 10.0 Å². The number of anilines is 1. The van der Waals surface area contributed by atoms with E-state index in [2.05, 4.69) is 5.32 Å². The third kappa shape index (κ3) is 5.70. The van der Waals surface area contributed by atoms with E-state index < -0.39 is 10.0 Å². The van der Waals surface area contributed by atoms with Gasteiger partial charge in [0.25, 0.3) is 0 Å². The summed E-state index contributed by atoms with van der Waals surface area (Å²) in [7, 11) is -2.15. The van der Waals surface area contributed by atoms with Gasteiger partial charge in [0, 0.05) is 25.9 Å². The summed E-state index contributed by atoms with van der Waals surface area (Å²) < 4.78 is 27.3. The predicted molar refractivity (Wildman–Crippen MR) is 80.6 cm³/mol. The van der Waals surface area contributed by atoms with Crippen molar-refractivity contribution in [2.75, 3.05) is 32.1 Å². The maximum atomic E-state index is 12.1. The number of carbonyl (C=O) groups is 1. The maximum absolute atomic E-state index is 12.1. The van der Waals surface area contributed by atoms with Crippen molar-refractivity contribution in [3.8, 4) is 0 Å². The van der Waals surface area contributed by atoms with E-state index in [1.807, 2.05) is 6.92 Å². The number of primary sulfonamides is 1. The molecule has 0 heterocycles. The SMILES string of the molecule is CCCN(CCOC)C(=O)Nc1ccc(S(N)(=O)=O)cc1. The summed E-state index contributed by atoms with van der Waals surface area (Å²) in [5.74, 6) is 0. The van der Waals surface area contributed by atoms with Crippen LogP contribution >= 0.6 is 0 Å². The van der Waals surface area contributed by atoms with Crippen LogP contribution in [0.25, 0.3) is 0 Å². The van der Waals surface area contributed by atoms with E-state index >= 15 is 0 Å². The lowest BCUT2D eigenvalue weighted by molar-refractivity contribution is 0.155. The van der Waals surface area contributed by atoms with E-state index in [1.165, 1.54) is 24.3 Å². The Labute approximate surface area is 125 Å². The average Bonchev–Trinajstić information content (AvgIpc) is 2.43. The van der Waals surface area contributed by atoms with E-state index in [9.17, 15) is 13.2 Å². The fourth-order valence-electron chi connectivity index (χ4n) is 1.72. The lowest BCUT2D eigenvalue weighted by Crippen LogP contribution is -2.37. The van der Waals surface area contributed by atoms with Crippen molar-refractivity contribution in [3.63, 3.8) is 0 Å². The van der Waals surface area contributed by atoms with Crippen molar-refractivity contribution in [2.45, 2.75) is 18.2 Å². The van der Waals surface area contributed by atoms with Crippen LogP contribution in [0.15, 0.2) is 29.2 Å². The van der Waals surface area contributed by atoms with Gasteiger partial charge in [-0.25, -0.2) is 18.4 Å². The molecule has 0 spiro atoms. The number of sulfonamides is 1. The first-order valence-electron chi connectivity index (χ1n) is 6.56. The van der Waals surface area contributed by atoms with E-state index in [4.69, 9.17) is 9.88 Å². The molecule has 0 fully saturated rings. The Balaban J connectivity index is 2.72. The van der Waals surface area contributed by atoms with Crippen LogP contribution in [0.2, 0.25) is 0 Å². The molecule has 0 saturated carbocycles. The summed E-state index contributed by atoms with van der Waals surface area (Å²) in [5, 5.41) is 7.72. The molecule has 21 heavy (non-hydrogen) atoms. The van der Waals surface area contributed by atoms with Gasteiger partial charge < -0.3 is 15.0 Å². The summed E-state index contributed by atoms with van der Waals surface area (Å²) >= 11 is 0. The normalized spacial score (nSPS) is 11.2. The minimum Gasteiger partial charge on any atom is -0.383 e. The van der Waals surface area contributed by atoms with Crippen LogP contribution in [-0.2, 0) is 14.8 Å². The van der Waals surface area contributed by atoms with Crippen LogP contribution in [0.5, 0.6) is 0 Å². The number of ether oxygens (including phenoxy) is 1. The van der Waals surface area contributed by atoms with Gasteiger partial charge in [-0.3, -0.25) is 0 Å². The van der Waals surface area contributed by atoms with Crippen LogP contribution in [-0.4, -0.2) is 46.2 Å². The van der Waals surface area contributed by atoms with Crippen molar-refractivity contribution in [3.05, 3.63) is 24.3 Å². The third-order valence-electron chi connectivity index (χ3n) is 2.78. The zero-order chi connectivity index (χ0) is 15.9. The quantitative estimate of drug-likeness (QED) is 0.790. The predicted octanol–water partition coefficient (Wildman–Crippen LogP) is 1.22. The van der Waals surface area contributed by atoms with Crippen molar-refractivity contribution in [2.24, 2.45) is 5.14 Å². The number of methoxy groups -OCH3 is 1. The minimum atomic E-state index is -3.72. The van der Waals surface area contributed by atoms with Crippen LogP contribution in [0.3, 0.4) is 0 Å². The second-order valence-electron chi connectivity index (χ2n) is 4.48. The van der Waals surface area contributed by atoms with Gasteiger partial charge in [0.1, 0.15) is 0 Å². The number of amides is 2. The summed E-state index contributed by atoms with van der Waals surface area (Å²) in [6.07, 6.45) is 0.835. The number of hydrogen-bond donors (Lipinski definition) is 2. The second kappa shape index (κ2) is 7.96. The first-order chi connectivity index (χ1) is 9.88. The zero-order valence-corrected chi connectivity index (χ0v) is 13.0. The molecule has 0 aliphatic rings. The molecule has 0 radical (unpaired) electrons.